The number of hydrogen-bond acceptors (Lipinski definition) is 2. The summed E-state index contributed by atoms with van der Waals surface area (Å²) in [5.74, 6) is -0.232. The predicted octanol–water partition coefficient (Wildman–Crippen LogP) is 2.78. The molecular weight excluding hydrogens is 224 g/mol. The number of aryl methyl sites for hydroxylation is 3. The molecule has 0 aliphatic heterocycles. The van der Waals surface area contributed by atoms with Crippen molar-refractivity contribution in [3.63, 3.8) is 0 Å². The molecule has 0 bridgehead atoms. The normalized spacial score (nSPS) is 10.9. The van der Waals surface area contributed by atoms with E-state index in [0.717, 1.165) is 5.56 Å². The Morgan fingerprint density at radius 3 is 2.22 bits per heavy atom. The van der Waals surface area contributed by atoms with Crippen LogP contribution >= 0.6 is 0 Å². The molecule has 0 aliphatic rings. The maximum absolute atomic E-state index is 11.8. The summed E-state index contributed by atoms with van der Waals surface area (Å²) < 4.78 is 0. The third-order valence-corrected chi connectivity index (χ3v) is 3.11. The Labute approximate surface area is 109 Å². The fourth-order valence-corrected chi connectivity index (χ4v) is 1.93. The Morgan fingerprint density at radius 1 is 1.28 bits per heavy atom. The summed E-state index contributed by atoms with van der Waals surface area (Å²) in [6.45, 7) is 9.85. The van der Waals surface area contributed by atoms with E-state index in [2.05, 4.69) is 24.4 Å². The predicted molar refractivity (Wildman–Crippen MR) is 71.9 cm³/mol. The van der Waals surface area contributed by atoms with Crippen LogP contribution in [0.25, 0.3) is 0 Å². The van der Waals surface area contributed by atoms with Gasteiger partial charge >= 0.3 is 0 Å². The van der Waals surface area contributed by atoms with Gasteiger partial charge in [0.15, 0.2) is 0 Å². The molecule has 1 aromatic carbocycles. The van der Waals surface area contributed by atoms with Crippen LogP contribution < -0.4 is 5.32 Å². The van der Waals surface area contributed by atoms with Crippen LogP contribution in [0.15, 0.2) is 12.1 Å². The highest BCUT2D eigenvalue weighted by molar-refractivity contribution is 5.84. The van der Waals surface area contributed by atoms with Gasteiger partial charge in [0.05, 0.1) is 6.07 Å². The number of hydrogen-bond donors (Lipinski definition) is 1. The Hall–Kier alpha value is -1.82. The summed E-state index contributed by atoms with van der Waals surface area (Å²) in [5, 5.41) is 11.7. The molecule has 96 valence electrons. The van der Waals surface area contributed by atoms with Crippen molar-refractivity contribution in [3.8, 4) is 6.07 Å². The van der Waals surface area contributed by atoms with Gasteiger partial charge in [0, 0.05) is 6.54 Å². The topological polar surface area (TPSA) is 52.9 Å². The molecule has 18 heavy (non-hydrogen) atoms. The molecule has 1 N–H and O–H groups in total. The van der Waals surface area contributed by atoms with Crippen molar-refractivity contribution in [2.45, 2.75) is 41.2 Å². The van der Waals surface area contributed by atoms with Crippen molar-refractivity contribution < 1.29 is 4.79 Å². The van der Waals surface area contributed by atoms with Crippen molar-refractivity contribution in [3.05, 3.63) is 34.4 Å². The van der Waals surface area contributed by atoms with Crippen molar-refractivity contribution in [1.82, 2.24) is 5.32 Å². The Morgan fingerprint density at radius 2 is 1.78 bits per heavy atom. The van der Waals surface area contributed by atoms with E-state index in [1.165, 1.54) is 16.7 Å². The van der Waals surface area contributed by atoms with Gasteiger partial charge in [0.1, 0.15) is 5.41 Å². The molecule has 0 spiro atoms. The Balaban J connectivity index is 2.83. The Bertz CT molecular complexity index is 487. The van der Waals surface area contributed by atoms with Crippen molar-refractivity contribution in [2.75, 3.05) is 0 Å². The second kappa shape index (κ2) is 5.22. The molecule has 0 atom stereocenters. The van der Waals surface area contributed by atoms with Crippen LogP contribution in [-0.4, -0.2) is 5.91 Å². The first kappa shape index (κ1) is 14.2. The smallest absolute Gasteiger partial charge is 0.240 e. The molecule has 0 saturated carbocycles. The lowest BCUT2D eigenvalue weighted by atomic mass is 9.94. The minimum Gasteiger partial charge on any atom is -0.351 e. The number of carbonyl (C=O) groups excluding carboxylic acids is 1. The van der Waals surface area contributed by atoms with E-state index in [1.807, 2.05) is 19.9 Å². The van der Waals surface area contributed by atoms with Crippen LogP contribution in [0.3, 0.4) is 0 Å². The van der Waals surface area contributed by atoms with Crippen molar-refractivity contribution in [1.29, 1.82) is 5.26 Å². The first-order valence-electron chi connectivity index (χ1n) is 6.04. The molecule has 0 unspecified atom stereocenters. The molecule has 0 aromatic heterocycles. The third-order valence-electron chi connectivity index (χ3n) is 3.11. The van der Waals surface area contributed by atoms with Gasteiger partial charge < -0.3 is 5.32 Å². The molecule has 0 radical (unpaired) electrons. The minimum atomic E-state index is -0.980. The number of amides is 1. The highest BCUT2D eigenvalue weighted by Crippen LogP contribution is 2.17. The number of nitrogens with zero attached hydrogens (tertiary/aromatic N) is 1. The van der Waals surface area contributed by atoms with Crippen LogP contribution in [-0.2, 0) is 11.3 Å². The number of benzene rings is 1. The lowest BCUT2D eigenvalue weighted by Gasteiger charge is -2.17. The van der Waals surface area contributed by atoms with Gasteiger partial charge in [0.25, 0.3) is 0 Å². The molecule has 0 aliphatic carbocycles. The standard InChI is InChI=1S/C15H20N2O/c1-10-6-11(2)13(12(3)7-10)8-17-14(18)15(4,5)9-16/h6-7H,8H2,1-5H3,(H,17,18). The molecule has 0 fully saturated rings. The second-order valence-electron chi connectivity index (χ2n) is 5.30. The lowest BCUT2D eigenvalue weighted by Crippen LogP contribution is -2.35. The molecule has 0 heterocycles. The van der Waals surface area contributed by atoms with Gasteiger partial charge in [-0.25, -0.2) is 0 Å². The average Bonchev–Trinajstić information content (AvgIpc) is 2.27. The van der Waals surface area contributed by atoms with Crippen LogP contribution in [0.5, 0.6) is 0 Å². The van der Waals surface area contributed by atoms with Gasteiger partial charge in [-0.2, -0.15) is 5.26 Å². The summed E-state index contributed by atoms with van der Waals surface area (Å²) in [4.78, 5) is 11.8. The number of rotatable bonds is 3. The molecular formula is C15H20N2O. The van der Waals surface area contributed by atoms with Gasteiger partial charge in [0.2, 0.25) is 5.91 Å². The summed E-state index contributed by atoms with van der Waals surface area (Å²) in [7, 11) is 0. The fourth-order valence-electron chi connectivity index (χ4n) is 1.93. The van der Waals surface area contributed by atoms with Gasteiger partial charge in [-0.05, 0) is 51.3 Å². The molecule has 3 nitrogen and oxygen atoms in total. The zero-order valence-electron chi connectivity index (χ0n) is 11.7. The highest BCUT2D eigenvalue weighted by Gasteiger charge is 2.26. The average molecular weight is 244 g/mol. The maximum atomic E-state index is 11.8. The van der Waals surface area contributed by atoms with Gasteiger partial charge in [-0.3, -0.25) is 4.79 Å². The SMILES string of the molecule is Cc1cc(C)c(CNC(=O)C(C)(C)C#N)c(C)c1. The maximum Gasteiger partial charge on any atom is 0.240 e. The van der Waals surface area contributed by atoms with Gasteiger partial charge in [-0.15, -0.1) is 0 Å². The zero-order valence-corrected chi connectivity index (χ0v) is 11.7. The first-order valence-corrected chi connectivity index (χ1v) is 6.04. The molecule has 1 rings (SSSR count). The first-order chi connectivity index (χ1) is 8.27. The highest BCUT2D eigenvalue weighted by atomic mass is 16.2. The third kappa shape index (κ3) is 3.10. The molecule has 0 saturated heterocycles. The van der Waals surface area contributed by atoms with E-state index in [9.17, 15) is 4.79 Å². The number of nitriles is 1. The molecule has 3 heteroatoms. The van der Waals surface area contributed by atoms with Crippen LogP contribution in [0, 0.1) is 37.5 Å². The van der Waals surface area contributed by atoms with Crippen molar-refractivity contribution >= 4 is 5.91 Å². The van der Waals surface area contributed by atoms with Gasteiger partial charge in [-0.1, -0.05) is 17.7 Å². The monoisotopic (exact) mass is 244 g/mol. The summed E-state index contributed by atoms with van der Waals surface area (Å²) in [6, 6.07) is 6.21. The van der Waals surface area contributed by atoms with E-state index in [-0.39, 0.29) is 5.91 Å². The molecule has 1 amide bonds. The summed E-state index contributed by atoms with van der Waals surface area (Å²) >= 11 is 0. The van der Waals surface area contributed by atoms with E-state index < -0.39 is 5.41 Å². The minimum absolute atomic E-state index is 0.232. The van der Waals surface area contributed by atoms with Crippen LogP contribution in [0.1, 0.15) is 36.1 Å². The fraction of sp³-hybridized carbons (Fsp3) is 0.467. The second-order valence-corrected chi connectivity index (χ2v) is 5.30. The number of carbonyl (C=O) groups is 1. The Kier molecular flexibility index (Phi) is 4.13. The van der Waals surface area contributed by atoms with Crippen LogP contribution in [0.4, 0.5) is 0 Å². The van der Waals surface area contributed by atoms with E-state index in [0.29, 0.717) is 6.54 Å². The van der Waals surface area contributed by atoms with E-state index in [4.69, 9.17) is 5.26 Å². The van der Waals surface area contributed by atoms with Crippen LogP contribution in [0.2, 0.25) is 0 Å². The largest absolute Gasteiger partial charge is 0.351 e. The van der Waals surface area contributed by atoms with Crippen molar-refractivity contribution in [2.24, 2.45) is 5.41 Å². The summed E-state index contributed by atoms with van der Waals surface area (Å²) in [5.41, 5.74) is 3.71. The number of nitrogens with one attached hydrogen (secondary N) is 1. The molecule has 1 aromatic rings. The van der Waals surface area contributed by atoms with E-state index >= 15 is 0 Å². The lowest BCUT2D eigenvalue weighted by molar-refractivity contribution is -0.126. The summed E-state index contributed by atoms with van der Waals surface area (Å²) in [6.07, 6.45) is 0. The zero-order chi connectivity index (χ0) is 13.9. The van der Waals surface area contributed by atoms with E-state index in [1.54, 1.807) is 13.8 Å². The quantitative estimate of drug-likeness (QED) is 0.888.